The van der Waals surface area contributed by atoms with E-state index in [1.807, 2.05) is 6.92 Å². The summed E-state index contributed by atoms with van der Waals surface area (Å²) in [7, 11) is 0. The second-order valence-corrected chi connectivity index (χ2v) is 6.11. The molecule has 27 heavy (non-hydrogen) atoms. The molecule has 0 saturated carbocycles. The van der Waals surface area contributed by atoms with E-state index >= 15 is 0 Å². The highest BCUT2D eigenvalue weighted by Gasteiger charge is 2.38. The molecule has 3 rings (SSSR count). The number of nitrogens with zero attached hydrogens (tertiary/aromatic N) is 1. The maximum atomic E-state index is 13.1. The summed E-state index contributed by atoms with van der Waals surface area (Å²) in [4.78, 5) is 26.7. The Morgan fingerprint density at radius 2 is 1.63 bits per heavy atom. The third kappa shape index (κ3) is 3.84. The van der Waals surface area contributed by atoms with Crippen molar-refractivity contribution in [1.82, 2.24) is 4.90 Å². The highest BCUT2D eigenvalue weighted by atomic mass is 19.1. The zero-order valence-corrected chi connectivity index (χ0v) is 15.3. The van der Waals surface area contributed by atoms with Gasteiger partial charge < -0.3 is 10.1 Å². The number of rotatable bonds is 7. The number of carbonyl (C=O) groups is 2. The molecule has 2 amide bonds. The molecule has 1 aliphatic rings. The van der Waals surface area contributed by atoms with Crippen molar-refractivity contribution in [3.8, 4) is 5.75 Å². The lowest BCUT2D eigenvalue weighted by molar-refractivity contribution is -0.136. The summed E-state index contributed by atoms with van der Waals surface area (Å²) in [6.07, 6.45) is 0.900. The van der Waals surface area contributed by atoms with E-state index in [0.717, 1.165) is 6.42 Å². The molecule has 0 radical (unpaired) electrons. The number of likely N-dealkylation sites (N-methyl/N-ethyl adjacent to an activating group) is 1. The Hall–Kier alpha value is -3.15. The number of anilines is 1. The third-order valence-corrected chi connectivity index (χ3v) is 4.21. The predicted octanol–water partition coefficient (Wildman–Crippen LogP) is 3.83. The summed E-state index contributed by atoms with van der Waals surface area (Å²) >= 11 is 0. The number of ether oxygens (including phenoxy) is 1. The van der Waals surface area contributed by atoms with E-state index in [1.54, 1.807) is 31.2 Å². The first-order chi connectivity index (χ1) is 13.0. The van der Waals surface area contributed by atoms with Crippen molar-refractivity contribution in [3.63, 3.8) is 0 Å². The lowest BCUT2D eigenvalue weighted by atomic mass is 10.0. The minimum Gasteiger partial charge on any atom is -0.494 e. The van der Waals surface area contributed by atoms with Gasteiger partial charge in [0.05, 0.1) is 12.2 Å². The second kappa shape index (κ2) is 8.03. The van der Waals surface area contributed by atoms with Crippen molar-refractivity contribution >= 4 is 23.1 Å². The van der Waals surface area contributed by atoms with Gasteiger partial charge in [0.2, 0.25) is 0 Å². The van der Waals surface area contributed by atoms with Crippen molar-refractivity contribution in [2.75, 3.05) is 18.5 Å². The maximum Gasteiger partial charge on any atom is 0.278 e. The van der Waals surface area contributed by atoms with Gasteiger partial charge in [-0.25, -0.2) is 4.39 Å². The molecule has 0 atom stereocenters. The van der Waals surface area contributed by atoms with Gasteiger partial charge in [0.15, 0.2) is 0 Å². The largest absolute Gasteiger partial charge is 0.494 e. The van der Waals surface area contributed by atoms with Crippen LogP contribution in [0.1, 0.15) is 25.8 Å². The highest BCUT2D eigenvalue weighted by Crippen LogP contribution is 2.31. The summed E-state index contributed by atoms with van der Waals surface area (Å²) in [6.45, 7) is 4.65. The van der Waals surface area contributed by atoms with Crippen molar-refractivity contribution in [1.29, 1.82) is 0 Å². The van der Waals surface area contributed by atoms with E-state index in [4.69, 9.17) is 4.74 Å². The van der Waals surface area contributed by atoms with Crippen LogP contribution in [-0.4, -0.2) is 29.9 Å². The Kier molecular flexibility index (Phi) is 5.54. The molecule has 1 N–H and O–H groups in total. The van der Waals surface area contributed by atoms with Gasteiger partial charge in [0, 0.05) is 12.2 Å². The molecule has 1 aliphatic heterocycles. The van der Waals surface area contributed by atoms with Crippen LogP contribution in [0.3, 0.4) is 0 Å². The van der Waals surface area contributed by atoms with Crippen LogP contribution in [0.25, 0.3) is 5.57 Å². The van der Waals surface area contributed by atoms with Crippen LogP contribution in [0.5, 0.6) is 5.75 Å². The fourth-order valence-electron chi connectivity index (χ4n) is 2.86. The molecule has 0 saturated heterocycles. The first-order valence-corrected chi connectivity index (χ1v) is 8.91. The predicted molar refractivity (Wildman–Crippen MR) is 102 cm³/mol. The molecule has 0 aliphatic carbocycles. The first kappa shape index (κ1) is 18.6. The van der Waals surface area contributed by atoms with E-state index in [0.29, 0.717) is 29.2 Å². The van der Waals surface area contributed by atoms with Gasteiger partial charge in [-0.2, -0.15) is 0 Å². The lowest BCUT2D eigenvalue weighted by Gasteiger charge is -2.12. The number of halogens is 1. The SMILES string of the molecule is CCCOc1ccc(C2=C(Nc3ccc(F)cc3)C(=O)N(CC)C2=O)cc1. The molecular formula is C21H21FN2O3. The standard InChI is InChI=1S/C21H21FN2O3/c1-3-13-27-17-11-5-14(6-12-17)18-19(21(26)24(4-2)20(18)25)23-16-9-7-15(22)8-10-16/h5-12,23H,3-4,13H2,1-2H3. The van der Waals surface area contributed by atoms with E-state index in [2.05, 4.69) is 5.32 Å². The van der Waals surface area contributed by atoms with Crippen LogP contribution in [-0.2, 0) is 9.59 Å². The zero-order valence-electron chi connectivity index (χ0n) is 15.3. The van der Waals surface area contributed by atoms with E-state index in [1.165, 1.54) is 29.2 Å². The average Bonchev–Trinajstić information content (AvgIpc) is 2.91. The third-order valence-electron chi connectivity index (χ3n) is 4.21. The topological polar surface area (TPSA) is 58.6 Å². The van der Waals surface area contributed by atoms with Crippen molar-refractivity contribution in [3.05, 3.63) is 65.6 Å². The maximum absolute atomic E-state index is 13.1. The van der Waals surface area contributed by atoms with Crippen LogP contribution in [0.2, 0.25) is 0 Å². The van der Waals surface area contributed by atoms with Gasteiger partial charge in [-0.3, -0.25) is 14.5 Å². The number of benzene rings is 2. The van der Waals surface area contributed by atoms with Crippen molar-refractivity contribution in [2.45, 2.75) is 20.3 Å². The van der Waals surface area contributed by atoms with Gasteiger partial charge in [0.1, 0.15) is 17.3 Å². The zero-order chi connectivity index (χ0) is 19.4. The highest BCUT2D eigenvalue weighted by molar-refractivity contribution is 6.36. The fraction of sp³-hybridized carbons (Fsp3) is 0.238. The fourth-order valence-corrected chi connectivity index (χ4v) is 2.86. The quantitative estimate of drug-likeness (QED) is 0.755. The Morgan fingerprint density at radius 3 is 2.22 bits per heavy atom. The summed E-state index contributed by atoms with van der Waals surface area (Å²) < 4.78 is 18.7. The number of carbonyl (C=O) groups excluding carboxylic acids is 2. The summed E-state index contributed by atoms with van der Waals surface area (Å²) in [5.74, 6) is -0.415. The molecule has 2 aromatic rings. The molecule has 0 bridgehead atoms. The first-order valence-electron chi connectivity index (χ1n) is 8.91. The van der Waals surface area contributed by atoms with E-state index in [9.17, 15) is 14.0 Å². The summed E-state index contributed by atoms with van der Waals surface area (Å²) in [6, 6.07) is 12.7. The molecule has 0 spiro atoms. The lowest BCUT2D eigenvalue weighted by Crippen LogP contribution is -2.32. The number of imide groups is 1. The van der Waals surface area contributed by atoms with Crippen LogP contribution in [0, 0.1) is 5.82 Å². The molecule has 5 nitrogen and oxygen atoms in total. The molecule has 0 aromatic heterocycles. The molecule has 1 heterocycles. The smallest absolute Gasteiger partial charge is 0.278 e. The Balaban J connectivity index is 1.97. The minimum atomic E-state index is -0.395. The molecule has 2 aromatic carbocycles. The van der Waals surface area contributed by atoms with Gasteiger partial charge in [0.25, 0.3) is 11.8 Å². The van der Waals surface area contributed by atoms with E-state index < -0.39 is 5.91 Å². The number of hydrogen-bond donors (Lipinski definition) is 1. The number of hydrogen-bond acceptors (Lipinski definition) is 4. The minimum absolute atomic E-state index is 0.190. The molecule has 6 heteroatoms. The van der Waals surface area contributed by atoms with Crippen molar-refractivity contribution < 1.29 is 18.7 Å². The number of nitrogens with one attached hydrogen (secondary N) is 1. The Bertz CT molecular complexity index is 873. The van der Waals surface area contributed by atoms with Gasteiger partial charge in [-0.1, -0.05) is 19.1 Å². The van der Waals surface area contributed by atoms with Gasteiger partial charge in [-0.05, 0) is 55.3 Å². The summed E-state index contributed by atoms with van der Waals surface area (Å²) in [5, 5.41) is 2.98. The Labute approximate surface area is 157 Å². The van der Waals surface area contributed by atoms with Gasteiger partial charge in [-0.15, -0.1) is 0 Å². The monoisotopic (exact) mass is 368 g/mol. The van der Waals surface area contributed by atoms with Crippen LogP contribution < -0.4 is 10.1 Å². The van der Waals surface area contributed by atoms with Crippen LogP contribution in [0.4, 0.5) is 10.1 Å². The van der Waals surface area contributed by atoms with E-state index in [-0.39, 0.29) is 24.0 Å². The van der Waals surface area contributed by atoms with Crippen LogP contribution >= 0.6 is 0 Å². The van der Waals surface area contributed by atoms with Crippen molar-refractivity contribution in [2.24, 2.45) is 0 Å². The molecule has 0 fully saturated rings. The average molecular weight is 368 g/mol. The van der Waals surface area contributed by atoms with Gasteiger partial charge >= 0.3 is 0 Å². The normalized spacial score (nSPS) is 14.1. The Morgan fingerprint density at radius 1 is 0.963 bits per heavy atom. The molecular weight excluding hydrogens is 347 g/mol. The van der Waals surface area contributed by atoms with Crippen LogP contribution in [0.15, 0.2) is 54.2 Å². The number of amides is 2. The summed E-state index contributed by atoms with van der Waals surface area (Å²) in [5.41, 5.74) is 1.65. The molecule has 0 unspecified atom stereocenters. The molecule has 140 valence electrons. The second-order valence-electron chi connectivity index (χ2n) is 6.11.